The third kappa shape index (κ3) is 2.85. The minimum atomic E-state index is -0.710. The summed E-state index contributed by atoms with van der Waals surface area (Å²) >= 11 is 0. The van der Waals surface area contributed by atoms with Crippen molar-refractivity contribution in [2.75, 3.05) is 0 Å². The largest absolute Gasteiger partial charge is 0.454 e. The summed E-state index contributed by atoms with van der Waals surface area (Å²) in [4.78, 5) is 4.24. The number of aliphatic hydroxyl groups excluding tert-OH is 1. The number of aromatic nitrogens is 1. The highest BCUT2D eigenvalue weighted by atomic mass is 19.1. The van der Waals surface area contributed by atoms with Crippen molar-refractivity contribution in [3.8, 4) is 11.5 Å². The molecule has 0 aliphatic heterocycles. The molecule has 21 heavy (non-hydrogen) atoms. The number of pyridine rings is 1. The van der Waals surface area contributed by atoms with E-state index < -0.39 is 11.9 Å². The molecule has 106 valence electrons. The summed E-state index contributed by atoms with van der Waals surface area (Å²) in [6.07, 6.45) is 0.989. The van der Waals surface area contributed by atoms with Crippen LogP contribution in [0.1, 0.15) is 18.6 Å². The zero-order valence-corrected chi connectivity index (χ0v) is 11.5. The van der Waals surface area contributed by atoms with Crippen LogP contribution in [0.5, 0.6) is 11.5 Å². The molecular formula is C17H14FNO2. The van der Waals surface area contributed by atoms with Gasteiger partial charge in [0.15, 0.2) is 11.6 Å². The molecule has 1 N–H and O–H groups in total. The van der Waals surface area contributed by atoms with Gasteiger partial charge in [-0.2, -0.15) is 0 Å². The summed E-state index contributed by atoms with van der Waals surface area (Å²) in [6, 6.07) is 13.6. The number of nitrogens with zero attached hydrogens (tertiary/aromatic N) is 1. The van der Waals surface area contributed by atoms with E-state index in [4.69, 9.17) is 4.74 Å². The minimum Gasteiger partial charge on any atom is -0.454 e. The first-order chi connectivity index (χ1) is 10.1. The summed E-state index contributed by atoms with van der Waals surface area (Å²) in [5.74, 6) is 0.133. The van der Waals surface area contributed by atoms with E-state index >= 15 is 0 Å². The second-order valence-corrected chi connectivity index (χ2v) is 4.83. The number of halogens is 1. The van der Waals surface area contributed by atoms with E-state index in [9.17, 15) is 9.50 Å². The first kappa shape index (κ1) is 13.5. The highest BCUT2D eigenvalue weighted by molar-refractivity contribution is 5.79. The first-order valence-electron chi connectivity index (χ1n) is 6.63. The van der Waals surface area contributed by atoms with E-state index in [0.29, 0.717) is 11.3 Å². The molecular weight excluding hydrogens is 269 g/mol. The van der Waals surface area contributed by atoms with Gasteiger partial charge in [0, 0.05) is 17.6 Å². The van der Waals surface area contributed by atoms with E-state index in [2.05, 4.69) is 4.98 Å². The second-order valence-electron chi connectivity index (χ2n) is 4.83. The van der Waals surface area contributed by atoms with E-state index in [1.807, 2.05) is 18.2 Å². The zero-order chi connectivity index (χ0) is 14.8. The minimum absolute atomic E-state index is 0.120. The summed E-state index contributed by atoms with van der Waals surface area (Å²) in [6.45, 7) is 1.59. The van der Waals surface area contributed by atoms with Crippen LogP contribution < -0.4 is 4.74 Å². The van der Waals surface area contributed by atoms with Gasteiger partial charge >= 0.3 is 0 Å². The van der Waals surface area contributed by atoms with Gasteiger partial charge in [-0.05, 0) is 42.8 Å². The Hall–Kier alpha value is -2.46. The quantitative estimate of drug-likeness (QED) is 0.782. The Morgan fingerprint density at radius 2 is 2.00 bits per heavy atom. The van der Waals surface area contributed by atoms with Gasteiger partial charge in [0.2, 0.25) is 0 Å². The second kappa shape index (κ2) is 5.50. The number of benzene rings is 2. The van der Waals surface area contributed by atoms with Gasteiger partial charge < -0.3 is 9.84 Å². The molecule has 0 radical (unpaired) electrons. The van der Waals surface area contributed by atoms with E-state index in [0.717, 1.165) is 10.9 Å². The molecule has 0 fully saturated rings. The topological polar surface area (TPSA) is 42.4 Å². The molecule has 0 aliphatic rings. The molecule has 2 aromatic carbocycles. The van der Waals surface area contributed by atoms with E-state index in [1.165, 1.54) is 12.1 Å². The Morgan fingerprint density at radius 1 is 1.14 bits per heavy atom. The third-order valence-corrected chi connectivity index (χ3v) is 3.24. The van der Waals surface area contributed by atoms with E-state index in [1.54, 1.807) is 31.3 Å². The summed E-state index contributed by atoms with van der Waals surface area (Å²) in [5.41, 5.74) is 1.30. The lowest BCUT2D eigenvalue weighted by molar-refractivity contribution is 0.198. The molecule has 3 rings (SSSR count). The predicted octanol–water partition coefficient (Wildman–Crippen LogP) is 4.22. The molecule has 4 heteroatoms. The van der Waals surface area contributed by atoms with Gasteiger partial charge in [-0.3, -0.25) is 4.98 Å². The molecule has 0 saturated carbocycles. The van der Waals surface area contributed by atoms with E-state index in [-0.39, 0.29) is 5.75 Å². The monoisotopic (exact) mass is 283 g/mol. The molecule has 0 amide bonds. The Bertz CT molecular complexity index is 787. The molecule has 0 saturated heterocycles. The lowest BCUT2D eigenvalue weighted by atomic mass is 10.1. The fourth-order valence-electron chi connectivity index (χ4n) is 2.10. The van der Waals surface area contributed by atoms with Crippen molar-refractivity contribution in [3.05, 3.63) is 66.1 Å². The summed E-state index contributed by atoms with van der Waals surface area (Å²) < 4.78 is 19.5. The Kier molecular flexibility index (Phi) is 3.54. The first-order valence-corrected chi connectivity index (χ1v) is 6.63. The Balaban J connectivity index is 1.91. The molecule has 0 unspecified atom stereocenters. The van der Waals surface area contributed by atoms with Crippen molar-refractivity contribution in [2.24, 2.45) is 0 Å². The lowest BCUT2D eigenvalue weighted by Gasteiger charge is -2.10. The van der Waals surface area contributed by atoms with Crippen LogP contribution in [0.15, 0.2) is 54.7 Å². The Labute approximate surface area is 121 Å². The summed E-state index contributed by atoms with van der Waals surface area (Å²) in [7, 11) is 0. The van der Waals surface area contributed by atoms with Crippen LogP contribution in [0, 0.1) is 5.82 Å². The number of hydrogen-bond acceptors (Lipinski definition) is 3. The lowest BCUT2D eigenvalue weighted by Crippen LogP contribution is -1.94. The number of hydrogen-bond donors (Lipinski definition) is 1. The summed E-state index contributed by atoms with van der Waals surface area (Å²) in [5, 5.41) is 10.4. The van der Waals surface area contributed by atoms with Crippen LogP contribution in [-0.2, 0) is 0 Å². The maximum Gasteiger partial charge on any atom is 0.166 e. The number of fused-ring (bicyclic) bond motifs is 1. The third-order valence-electron chi connectivity index (χ3n) is 3.24. The normalized spacial score (nSPS) is 12.3. The van der Waals surface area contributed by atoms with Crippen LogP contribution >= 0.6 is 0 Å². The average Bonchev–Trinajstić information content (AvgIpc) is 2.49. The molecule has 3 aromatic rings. The molecule has 0 spiro atoms. The fourth-order valence-corrected chi connectivity index (χ4v) is 2.10. The van der Waals surface area contributed by atoms with Crippen molar-refractivity contribution in [3.63, 3.8) is 0 Å². The maximum atomic E-state index is 14.0. The number of aliphatic hydroxyl groups is 1. The standard InChI is InChI=1S/C17H14FNO2/c1-11(20)13-5-7-17(15(18)9-13)21-14-6-4-12-3-2-8-19-16(12)10-14/h2-11,20H,1H3/t11-/m1/s1. The average molecular weight is 283 g/mol. The molecule has 1 aromatic heterocycles. The smallest absolute Gasteiger partial charge is 0.166 e. The molecule has 1 heterocycles. The van der Waals surface area contributed by atoms with Crippen LogP contribution in [0.3, 0.4) is 0 Å². The van der Waals surface area contributed by atoms with Crippen molar-refractivity contribution in [2.45, 2.75) is 13.0 Å². The van der Waals surface area contributed by atoms with Crippen molar-refractivity contribution >= 4 is 10.9 Å². The van der Waals surface area contributed by atoms with Crippen molar-refractivity contribution in [1.29, 1.82) is 0 Å². The molecule has 0 aliphatic carbocycles. The molecule has 0 bridgehead atoms. The predicted molar refractivity (Wildman–Crippen MR) is 78.9 cm³/mol. The van der Waals surface area contributed by atoms with Crippen molar-refractivity contribution < 1.29 is 14.2 Å². The van der Waals surface area contributed by atoms with Crippen LogP contribution in [-0.4, -0.2) is 10.1 Å². The van der Waals surface area contributed by atoms with Crippen LogP contribution in [0.25, 0.3) is 10.9 Å². The fraction of sp³-hybridized carbons (Fsp3) is 0.118. The number of rotatable bonds is 3. The van der Waals surface area contributed by atoms with Gasteiger partial charge in [-0.1, -0.05) is 12.1 Å². The highest BCUT2D eigenvalue weighted by Gasteiger charge is 2.09. The van der Waals surface area contributed by atoms with Gasteiger partial charge in [0.05, 0.1) is 11.6 Å². The van der Waals surface area contributed by atoms with Crippen LogP contribution in [0.2, 0.25) is 0 Å². The highest BCUT2D eigenvalue weighted by Crippen LogP contribution is 2.28. The van der Waals surface area contributed by atoms with Gasteiger partial charge in [0.25, 0.3) is 0 Å². The van der Waals surface area contributed by atoms with Gasteiger partial charge in [-0.15, -0.1) is 0 Å². The van der Waals surface area contributed by atoms with Crippen LogP contribution in [0.4, 0.5) is 4.39 Å². The zero-order valence-electron chi connectivity index (χ0n) is 11.5. The molecule has 1 atom stereocenters. The molecule has 3 nitrogen and oxygen atoms in total. The van der Waals surface area contributed by atoms with Gasteiger partial charge in [-0.25, -0.2) is 4.39 Å². The SMILES string of the molecule is C[C@@H](O)c1ccc(Oc2ccc3cccnc3c2)c(F)c1. The van der Waals surface area contributed by atoms with Gasteiger partial charge in [0.1, 0.15) is 5.75 Å². The number of ether oxygens (including phenoxy) is 1. The Morgan fingerprint density at radius 3 is 2.76 bits per heavy atom. The maximum absolute atomic E-state index is 14.0. The van der Waals surface area contributed by atoms with Crippen molar-refractivity contribution in [1.82, 2.24) is 4.98 Å².